The second-order valence-corrected chi connectivity index (χ2v) is 8.24. The van der Waals surface area contributed by atoms with Crippen LogP contribution in [0.3, 0.4) is 0 Å². The molecular weight excluding hydrogens is 410 g/mol. The lowest BCUT2D eigenvalue weighted by Gasteiger charge is -2.17. The number of methoxy groups -OCH3 is 2. The van der Waals surface area contributed by atoms with E-state index >= 15 is 0 Å². The minimum absolute atomic E-state index is 0.149. The van der Waals surface area contributed by atoms with Crippen LogP contribution >= 0.6 is 11.3 Å². The molecule has 9 nitrogen and oxygen atoms in total. The maximum atomic E-state index is 6.10. The van der Waals surface area contributed by atoms with Crippen molar-refractivity contribution in [3.05, 3.63) is 24.4 Å². The molecule has 30 heavy (non-hydrogen) atoms. The molecule has 0 aliphatic carbocycles. The summed E-state index contributed by atoms with van der Waals surface area (Å²) in [5, 5.41) is 5.75. The predicted octanol–water partition coefficient (Wildman–Crippen LogP) is 3.75. The minimum Gasteiger partial charge on any atom is -0.496 e. The molecule has 4 heterocycles. The first kappa shape index (κ1) is 19.2. The topological polar surface area (TPSA) is 89.5 Å². The largest absolute Gasteiger partial charge is 0.496 e. The molecule has 1 unspecified atom stereocenters. The van der Waals surface area contributed by atoms with Gasteiger partial charge in [0, 0.05) is 12.1 Å². The Labute approximate surface area is 176 Å². The van der Waals surface area contributed by atoms with E-state index in [1.807, 2.05) is 32.0 Å². The molecule has 10 heteroatoms. The van der Waals surface area contributed by atoms with Crippen LogP contribution in [-0.4, -0.2) is 53.9 Å². The van der Waals surface area contributed by atoms with E-state index < -0.39 is 5.79 Å². The molecule has 1 saturated heterocycles. The van der Waals surface area contributed by atoms with E-state index in [1.165, 1.54) is 11.3 Å². The van der Waals surface area contributed by atoms with Gasteiger partial charge in [0.25, 0.3) is 5.19 Å². The third-order valence-electron chi connectivity index (χ3n) is 4.79. The van der Waals surface area contributed by atoms with Gasteiger partial charge in [-0.2, -0.15) is 4.52 Å². The lowest BCUT2D eigenvalue weighted by Crippen LogP contribution is -2.25. The van der Waals surface area contributed by atoms with Gasteiger partial charge in [-0.15, -0.1) is 5.10 Å². The Morgan fingerprint density at radius 3 is 2.83 bits per heavy atom. The molecule has 5 rings (SSSR count). The Bertz CT molecular complexity index is 1210. The second-order valence-electron chi connectivity index (χ2n) is 7.32. The molecule has 4 aromatic rings. The van der Waals surface area contributed by atoms with Crippen molar-refractivity contribution in [2.45, 2.75) is 25.7 Å². The summed E-state index contributed by atoms with van der Waals surface area (Å²) in [4.78, 5) is 5.10. The Morgan fingerprint density at radius 1 is 1.23 bits per heavy atom. The van der Waals surface area contributed by atoms with Crippen LogP contribution in [0.1, 0.15) is 13.8 Å². The molecule has 0 N–H and O–H groups in total. The summed E-state index contributed by atoms with van der Waals surface area (Å²) in [5.41, 5.74) is 1.36. The molecule has 0 spiro atoms. The van der Waals surface area contributed by atoms with E-state index in [4.69, 9.17) is 28.1 Å². The van der Waals surface area contributed by atoms with Gasteiger partial charge in [0.05, 0.1) is 32.4 Å². The van der Waals surface area contributed by atoms with Gasteiger partial charge in [0.15, 0.2) is 11.5 Å². The van der Waals surface area contributed by atoms with E-state index in [0.29, 0.717) is 41.2 Å². The second kappa shape index (κ2) is 7.15. The number of ether oxygens (including phenoxy) is 5. The maximum absolute atomic E-state index is 6.10. The van der Waals surface area contributed by atoms with E-state index in [2.05, 4.69) is 10.1 Å². The fraction of sp³-hybridized carbons (Fsp3) is 0.400. The highest BCUT2D eigenvalue weighted by Crippen LogP contribution is 2.38. The number of furan rings is 1. The van der Waals surface area contributed by atoms with Crippen LogP contribution in [0.5, 0.6) is 16.7 Å². The van der Waals surface area contributed by atoms with E-state index in [1.54, 1.807) is 24.9 Å². The van der Waals surface area contributed by atoms with Gasteiger partial charge in [0.2, 0.25) is 4.96 Å². The van der Waals surface area contributed by atoms with Crippen molar-refractivity contribution in [3.63, 3.8) is 0 Å². The van der Waals surface area contributed by atoms with E-state index in [-0.39, 0.29) is 6.10 Å². The fourth-order valence-corrected chi connectivity index (χ4v) is 4.09. The first-order chi connectivity index (χ1) is 14.5. The van der Waals surface area contributed by atoms with Gasteiger partial charge < -0.3 is 28.1 Å². The first-order valence-corrected chi connectivity index (χ1v) is 10.2. The molecule has 1 aliphatic rings. The summed E-state index contributed by atoms with van der Waals surface area (Å²) in [5.74, 6) is 1.30. The number of aromatic nitrogens is 3. The highest BCUT2D eigenvalue weighted by Gasteiger charge is 2.33. The number of hydrogen-bond donors (Lipinski definition) is 0. The fourth-order valence-electron chi connectivity index (χ4n) is 3.40. The summed E-state index contributed by atoms with van der Waals surface area (Å²) >= 11 is 1.36. The SMILES string of the molecule is COc1cc(OCC2COC(C)(C)O2)c2cc(-c3cnc4sc(OC)nn34)oc2c1. The van der Waals surface area contributed by atoms with Crippen LogP contribution in [0.15, 0.2) is 28.8 Å². The van der Waals surface area contributed by atoms with Gasteiger partial charge in [-0.25, -0.2) is 4.98 Å². The zero-order valence-electron chi connectivity index (χ0n) is 17.0. The lowest BCUT2D eigenvalue weighted by molar-refractivity contribution is -0.141. The quantitative estimate of drug-likeness (QED) is 0.456. The summed E-state index contributed by atoms with van der Waals surface area (Å²) in [6.07, 6.45) is 1.57. The molecule has 0 amide bonds. The van der Waals surface area contributed by atoms with Crippen molar-refractivity contribution in [2.24, 2.45) is 0 Å². The summed E-state index contributed by atoms with van der Waals surface area (Å²) < 4.78 is 35.9. The predicted molar refractivity (Wildman–Crippen MR) is 110 cm³/mol. The molecule has 3 aromatic heterocycles. The molecule has 1 atom stereocenters. The van der Waals surface area contributed by atoms with Crippen molar-refractivity contribution in [1.82, 2.24) is 14.6 Å². The van der Waals surface area contributed by atoms with Crippen LogP contribution in [-0.2, 0) is 9.47 Å². The van der Waals surface area contributed by atoms with Crippen LogP contribution in [0.2, 0.25) is 0 Å². The normalized spacial score (nSPS) is 18.3. The molecule has 1 aliphatic heterocycles. The van der Waals surface area contributed by atoms with Crippen molar-refractivity contribution in [2.75, 3.05) is 27.4 Å². The van der Waals surface area contributed by atoms with Gasteiger partial charge >= 0.3 is 0 Å². The Morgan fingerprint density at radius 2 is 2.10 bits per heavy atom. The lowest BCUT2D eigenvalue weighted by atomic mass is 10.2. The van der Waals surface area contributed by atoms with E-state index in [0.717, 1.165) is 16.0 Å². The Balaban J connectivity index is 1.49. The van der Waals surface area contributed by atoms with Crippen LogP contribution in [0.4, 0.5) is 0 Å². The monoisotopic (exact) mass is 431 g/mol. The first-order valence-electron chi connectivity index (χ1n) is 9.41. The van der Waals surface area contributed by atoms with Gasteiger partial charge in [-0.1, -0.05) is 0 Å². The Kier molecular flexibility index (Phi) is 4.57. The average molecular weight is 431 g/mol. The molecular formula is C20H21N3O6S. The zero-order valence-corrected chi connectivity index (χ0v) is 17.8. The van der Waals surface area contributed by atoms with Crippen LogP contribution in [0, 0.1) is 0 Å². The molecule has 0 radical (unpaired) electrons. The van der Waals surface area contributed by atoms with Crippen molar-refractivity contribution < 1.29 is 28.1 Å². The molecule has 1 aromatic carbocycles. The third-order valence-corrected chi connectivity index (χ3v) is 5.68. The smallest absolute Gasteiger partial charge is 0.294 e. The number of imidazole rings is 1. The summed E-state index contributed by atoms with van der Waals surface area (Å²) in [6, 6.07) is 5.57. The number of fused-ring (bicyclic) bond motifs is 2. The highest BCUT2D eigenvalue weighted by atomic mass is 32.1. The van der Waals surface area contributed by atoms with Crippen molar-refractivity contribution in [1.29, 1.82) is 0 Å². The maximum Gasteiger partial charge on any atom is 0.294 e. The number of benzene rings is 1. The molecule has 0 saturated carbocycles. The molecule has 0 bridgehead atoms. The van der Waals surface area contributed by atoms with Gasteiger partial charge in [-0.3, -0.25) is 0 Å². The van der Waals surface area contributed by atoms with Crippen molar-refractivity contribution >= 4 is 27.3 Å². The van der Waals surface area contributed by atoms with E-state index in [9.17, 15) is 0 Å². The highest BCUT2D eigenvalue weighted by molar-refractivity contribution is 7.18. The van der Waals surface area contributed by atoms with Crippen LogP contribution in [0.25, 0.3) is 27.4 Å². The van der Waals surface area contributed by atoms with Crippen molar-refractivity contribution in [3.8, 4) is 28.1 Å². The number of nitrogens with zero attached hydrogens (tertiary/aromatic N) is 3. The number of rotatable bonds is 6. The van der Waals surface area contributed by atoms with Gasteiger partial charge in [-0.05, 0) is 31.3 Å². The number of hydrogen-bond acceptors (Lipinski definition) is 9. The standard InChI is InChI=1S/C20H21N3O6S/c1-20(2)27-10-12(29-20)9-26-15-5-11(24-3)6-16-13(15)7-17(28-16)14-8-21-18-23(14)22-19(25-4)30-18/h5-8,12H,9-10H2,1-4H3. The van der Waals surface area contributed by atoms with Crippen LogP contribution < -0.4 is 14.2 Å². The summed E-state index contributed by atoms with van der Waals surface area (Å²) in [6.45, 7) is 4.61. The zero-order chi connectivity index (χ0) is 20.9. The average Bonchev–Trinajstić information content (AvgIpc) is 3.47. The van der Waals surface area contributed by atoms with Gasteiger partial charge in [0.1, 0.15) is 35.5 Å². The third kappa shape index (κ3) is 3.36. The molecule has 1 fully saturated rings. The molecule has 158 valence electrons. The minimum atomic E-state index is -0.595. The Hall–Kier alpha value is -2.82. The summed E-state index contributed by atoms with van der Waals surface area (Å²) in [7, 11) is 3.18.